The summed E-state index contributed by atoms with van der Waals surface area (Å²) in [6, 6.07) is 0. The summed E-state index contributed by atoms with van der Waals surface area (Å²) in [5.41, 5.74) is 6.05. The van der Waals surface area contributed by atoms with E-state index in [1.165, 1.54) is 0 Å². The van der Waals surface area contributed by atoms with Gasteiger partial charge in [0.1, 0.15) is 13.1 Å². The van der Waals surface area contributed by atoms with Gasteiger partial charge in [0, 0.05) is 24.1 Å². The van der Waals surface area contributed by atoms with Gasteiger partial charge in [-0.1, -0.05) is 6.08 Å². The molecule has 134 valence electrons. The van der Waals surface area contributed by atoms with Crippen LogP contribution in [0.4, 0.5) is 0 Å². The number of carbonyl (C=O) groups is 2. The van der Waals surface area contributed by atoms with Crippen molar-refractivity contribution < 1.29 is 19.8 Å². The van der Waals surface area contributed by atoms with Gasteiger partial charge >= 0.3 is 11.9 Å². The van der Waals surface area contributed by atoms with Crippen molar-refractivity contribution in [1.29, 1.82) is 0 Å². The molecule has 2 rings (SSSR count). The van der Waals surface area contributed by atoms with E-state index in [1.54, 1.807) is 4.57 Å². The van der Waals surface area contributed by atoms with Gasteiger partial charge in [0.15, 0.2) is 0 Å². The van der Waals surface area contributed by atoms with Gasteiger partial charge in [-0.3, -0.25) is 9.59 Å². The number of hydrogen-bond acceptors (Lipinski definition) is 3. The minimum Gasteiger partial charge on any atom is -0.480 e. The number of nitrogens with zero attached hydrogens (tertiary/aromatic N) is 2. The molecule has 1 aromatic rings. The van der Waals surface area contributed by atoms with Gasteiger partial charge in [-0.2, -0.15) is 0 Å². The average Bonchev–Trinajstić information content (AvgIpc) is 2.90. The molecule has 1 aliphatic heterocycles. The normalized spacial score (nSPS) is 16.5. The highest BCUT2D eigenvalue weighted by Gasteiger charge is 2.22. The highest BCUT2D eigenvalue weighted by molar-refractivity contribution is 5.70. The van der Waals surface area contributed by atoms with Crippen LogP contribution < -0.4 is 0 Å². The van der Waals surface area contributed by atoms with E-state index >= 15 is 0 Å². The lowest BCUT2D eigenvalue weighted by Crippen LogP contribution is -2.26. The molecule has 2 heterocycles. The number of aromatic nitrogens is 1. The number of hydrogen-bond donors (Lipinski definition) is 2. The molecule has 0 atom stereocenters. The maximum Gasteiger partial charge on any atom is 0.323 e. The van der Waals surface area contributed by atoms with Crippen molar-refractivity contribution in [3.8, 4) is 0 Å². The first kappa shape index (κ1) is 18.6. The minimum absolute atomic E-state index is 0.0398. The molecule has 0 amide bonds. The average molecular weight is 344 g/mol. The predicted octanol–water partition coefficient (Wildman–Crippen LogP) is 2.82. The van der Waals surface area contributed by atoms with Crippen LogP contribution in [-0.2, 0) is 16.1 Å². The Morgan fingerprint density at radius 3 is 2.36 bits per heavy atom. The van der Waals surface area contributed by atoms with E-state index in [2.05, 4.69) is 0 Å². The van der Waals surface area contributed by atoms with Gasteiger partial charge in [0.2, 0.25) is 0 Å². The molecule has 0 saturated heterocycles. The topological polar surface area (TPSA) is 82.8 Å². The van der Waals surface area contributed by atoms with Crippen molar-refractivity contribution in [3.05, 3.63) is 52.0 Å². The van der Waals surface area contributed by atoms with E-state index in [0.717, 1.165) is 33.7 Å². The zero-order valence-corrected chi connectivity index (χ0v) is 15.0. The molecule has 0 radical (unpaired) electrons. The Balaban J connectivity index is 2.31. The summed E-state index contributed by atoms with van der Waals surface area (Å²) < 4.78 is 1.71. The second-order valence-electron chi connectivity index (χ2n) is 6.41. The molecule has 1 aromatic heterocycles. The monoisotopic (exact) mass is 344 g/mol. The molecule has 0 saturated carbocycles. The standard InChI is InChI=1S/C19H24N2O4/c1-12-8-20(10-18(22)23)16(14(12)3)6-5-7-17-15(4)13(2)9-21(17)11-19(24)25/h5-8H,9-11H2,1-4H3,(H,22,23)(H,24,25)/b6-5+,17-7+. The molecule has 6 heteroatoms. The third-order valence-electron chi connectivity index (χ3n) is 4.57. The lowest BCUT2D eigenvalue weighted by Gasteiger charge is -2.18. The molecule has 6 nitrogen and oxygen atoms in total. The van der Waals surface area contributed by atoms with Gasteiger partial charge < -0.3 is 19.7 Å². The zero-order valence-electron chi connectivity index (χ0n) is 15.0. The number of rotatable bonds is 6. The number of carboxylic acid groups (broad SMARTS) is 2. The van der Waals surface area contributed by atoms with E-state index in [0.29, 0.717) is 6.54 Å². The van der Waals surface area contributed by atoms with Crippen LogP contribution in [0.3, 0.4) is 0 Å². The lowest BCUT2D eigenvalue weighted by atomic mass is 10.1. The van der Waals surface area contributed by atoms with Gasteiger partial charge in [-0.25, -0.2) is 0 Å². The Hall–Kier alpha value is -2.76. The quantitative estimate of drug-likeness (QED) is 0.829. The second-order valence-corrected chi connectivity index (χ2v) is 6.41. The summed E-state index contributed by atoms with van der Waals surface area (Å²) in [4.78, 5) is 23.9. The van der Waals surface area contributed by atoms with Crippen LogP contribution in [-0.4, -0.2) is 44.7 Å². The number of allylic oxidation sites excluding steroid dienone is 3. The third-order valence-corrected chi connectivity index (χ3v) is 4.57. The molecular formula is C19H24N2O4. The van der Waals surface area contributed by atoms with E-state index < -0.39 is 11.9 Å². The van der Waals surface area contributed by atoms with Crippen LogP contribution in [0.1, 0.15) is 30.7 Å². The summed E-state index contributed by atoms with van der Waals surface area (Å²) in [5, 5.41) is 18.1. The summed E-state index contributed by atoms with van der Waals surface area (Å²) in [5.74, 6) is -1.75. The van der Waals surface area contributed by atoms with Gasteiger partial charge in [-0.05, 0) is 62.1 Å². The Morgan fingerprint density at radius 1 is 1.12 bits per heavy atom. The van der Waals surface area contributed by atoms with Crippen molar-refractivity contribution in [3.63, 3.8) is 0 Å². The maximum atomic E-state index is 11.0. The fraction of sp³-hybridized carbons (Fsp3) is 0.368. The zero-order chi connectivity index (χ0) is 18.7. The molecule has 0 fully saturated rings. The molecule has 0 aromatic carbocycles. The second kappa shape index (κ2) is 7.42. The number of aliphatic carboxylic acids is 2. The summed E-state index contributed by atoms with van der Waals surface area (Å²) in [6.45, 7) is 8.38. The van der Waals surface area contributed by atoms with E-state index in [1.807, 2.05) is 57.0 Å². The van der Waals surface area contributed by atoms with Crippen LogP contribution in [0.25, 0.3) is 6.08 Å². The Bertz CT molecular complexity index is 797. The molecule has 25 heavy (non-hydrogen) atoms. The number of aryl methyl sites for hydroxylation is 1. The van der Waals surface area contributed by atoms with Crippen molar-refractivity contribution in [2.75, 3.05) is 13.1 Å². The lowest BCUT2D eigenvalue weighted by molar-refractivity contribution is -0.138. The van der Waals surface area contributed by atoms with Crippen LogP contribution in [0.5, 0.6) is 0 Å². The first-order chi connectivity index (χ1) is 11.7. The molecular weight excluding hydrogens is 320 g/mol. The fourth-order valence-corrected chi connectivity index (χ4v) is 3.03. The van der Waals surface area contributed by atoms with E-state index in [-0.39, 0.29) is 13.1 Å². The molecule has 2 N–H and O–H groups in total. The van der Waals surface area contributed by atoms with Crippen LogP contribution >= 0.6 is 0 Å². The first-order valence-electron chi connectivity index (χ1n) is 8.10. The SMILES string of the molecule is CC1=C(C)/C(=C\C=C\c2c(C)c(C)cn2CC(=O)O)N(CC(=O)O)C1. The molecule has 0 aliphatic carbocycles. The third kappa shape index (κ3) is 4.21. The van der Waals surface area contributed by atoms with Crippen LogP contribution in [0.2, 0.25) is 0 Å². The van der Waals surface area contributed by atoms with Crippen molar-refractivity contribution in [1.82, 2.24) is 9.47 Å². The van der Waals surface area contributed by atoms with Crippen molar-refractivity contribution in [2.45, 2.75) is 34.2 Å². The minimum atomic E-state index is -0.888. The maximum absolute atomic E-state index is 11.0. The smallest absolute Gasteiger partial charge is 0.323 e. The van der Waals surface area contributed by atoms with Gasteiger partial charge in [-0.15, -0.1) is 0 Å². The largest absolute Gasteiger partial charge is 0.480 e. The molecule has 0 spiro atoms. The van der Waals surface area contributed by atoms with E-state index in [4.69, 9.17) is 10.2 Å². The van der Waals surface area contributed by atoms with E-state index in [9.17, 15) is 9.59 Å². The predicted molar refractivity (Wildman–Crippen MR) is 96.2 cm³/mol. The number of carboxylic acids is 2. The molecule has 0 unspecified atom stereocenters. The van der Waals surface area contributed by atoms with Crippen LogP contribution in [0.15, 0.2) is 35.2 Å². The first-order valence-corrected chi connectivity index (χ1v) is 8.10. The van der Waals surface area contributed by atoms with Gasteiger partial charge in [0.05, 0.1) is 0 Å². The summed E-state index contributed by atoms with van der Waals surface area (Å²) in [7, 11) is 0. The van der Waals surface area contributed by atoms with Crippen LogP contribution in [0, 0.1) is 13.8 Å². The highest BCUT2D eigenvalue weighted by atomic mass is 16.4. The summed E-state index contributed by atoms with van der Waals surface area (Å²) in [6.07, 6.45) is 7.45. The highest BCUT2D eigenvalue weighted by Crippen LogP contribution is 2.27. The Labute approximate surface area is 147 Å². The van der Waals surface area contributed by atoms with Crippen molar-refractivity contribution in [2.24, 2.45) is 0 Å². The molecule has 0 bridgehead atoms. The van der Waals surface area contributed by atoms with Crippen molar-refractivity contribution >= 4 is 18.0 Å². The Kier molecular flexibility index (Phi) is 5.51. The summed E-state index contributed by atoms with van der Waals surface area (Å²) >= 11 is 0. The molecule has 1 aliphatic rings. The van der Waals surface area contributed by atoms with Gasteiger partial charge in [0.25, 0.3) is 0 Å². The Morgan fingerprint density at radius 2 is 1.76 bits per heavy atom. The fourth-order valence-electron chi connectivity index (χ4n) is 3.03.